The number of piperazine rings is 1. The fourth-order valence-corrected chi connectivity index (χ4v) is 3.25. The molecule has 0 spiro atoms. The van der Waals surface area contributed by atoms with Crippen LogP contribution < -0.4 is 9.64 Å². The summed E-state index contributed by atoms with van der Waals surface area (Å²) in [4.78, 5) is 13.0. The number of nitrogens with zero attached hydrogens (tertiary/aromatic N) is 5. The van der Waals surface area contributed by atoms with E-state index in [1.54, 1.807) is 6.07 Å². The Morgan fingerprint density at radius 2 is 2.12 bits per heavy atom. The van der Waals surface area contributed by atoms with Crippen molar-refractivity contribution in [1.29, 1.82) is 5.26 Å². The Morgan fingerprint density at radius 1 is 1.28 bits per heavy atom. The minimum atomic E-state index is 0.314. The third-order valence-electron chi connectivity index (χ3n) is 4.44. The summed E-state index contributed by atoms with van der Waals surface area (Å²) in [5, 5.41) is 9.02. The molecule has 130 valence electrons. The van der Waals surface area contributed by atoms with Crippen molar-refractivity contribution in [3.05, 3.63) is 47.9 Å². The minimum absolute atomic E-state index is 0.314. The van der Waals surface area contributed by atoms with Crippen LogP contribution in [0.15, 0.2) is 36.7 Å². The van der Waals surface area contributed by atoms with Crippen molar-refractivity contribution in [2.75, 3.05) is 31.1 Å². The highest BCUT2D eigenvalue weighted by molar-refractivity contribution is 5.43. The van der Waals surface area contributed by atoms with Crippen LogP contribution in [0.2, 0.25) is 0 Å². The summed E-state index contributed by atoms with van der Waals surface area (Å²) in [5.41, 5.74) is 1.63. The Kier molecular flexibility index (Phi) is 5.46. The van der Waals surface area contributed by atoms with E-state index >= 15 is 0 Å². The van der Waals surface area contributed by atoms with Gasteiger partial charge in [0.2, 0.25) is 0 Å². The predicted octanol–water partition coefficient (Wildman–Crippen LogP) is 2.46. The van der Waals surface area contributed by atoms with Gasteiger partial charge in [0, 0.05) is 43.9 Å². The second-order valence-corrected chi connectivity index (χ2v) is 6.19. The van der Waals surface area contributed by atoms with Gasteiger partial charge in [0.05, 0.1) is 6.61 Å². The number of ether oxygens (including phenoxy) is 1. The standard InChI is InChI=1S/C19H23N5O/c1-3-25-18-7-5-4-6-16(18)13-23-8-9-24(15(2)12-23)19-10-17(11-20)21-14-22-19/h4-7,10,14-15H,3,8-9,12-13H2,1-2H3/t15-/m0/s1. The Hall–Kier alpha value is -2.65. The first kappa shape index (κ1) is 17.2. The number of rotatable bonds is 5. The number of aromatic nitrogens is 2. The van der Waals surface area contributed by atoms with E-state index in [4.69, 9.17) is 10.00 Å². The van der Waals surface area contributed by atoms with E-state index in [0.717, 1.165) is 37.7 Å². The third-order valence-corrected chi connectivity index (χ3v) is 4.44. The summed E-state index contributed by atoms with van der Waals surface area (Å²) in [6, 6.07) is 12.4. The number of benzene rings is 1. The number of anilines is 1. The van der Waals surface area contributed by atoms with E-state index in [2.05, 4.69) is 44.9 Å². The molecule has 0 aliphatic carbocycles. The fraction of sp³-hybridized carbons (Fsp3) is 0.421. The van der Waals surface area contributed by atoms with Gasteiger partial charge in [-0.05, 0) is 19.9 Å². The first-order valence-electron chi connectivity index (χ1n) is 8.63. The Morgan fingerprint density at radius 3 is 2.88 bits per heavy atom. The molecule has 0 N–H and O–H groups in total. The van der Waals surface area contributed by atoms with E-state index < -0.39 is 0 Å². The monoisotopic (exact) mass is 337 g/mol. The van der Waals surface area contributed by atoms with Crippen LogP contribution in [0.5, 0.6) is 5.75 Å². The van der Waals surface area contributed by atoms with Gasteiger partial charge in [-0.15, -0.1) is 0 Å². The summed E-state index contributed by atoms with van der Waals surface area (Å²) in [6.45, 7) is 8.50. The summed E-state index contributed by atoms with van der Waals surface area (Å²) in [7, 11) is 0. The molecule has 3 rings (SSSR count). The molecule has 1 aliphatic rings. The maximum atomic E-state index is 9.02. The smallest absolute Gasteiger partial charge is 0.145 e. The van der Waals surface area contributed by atoms with Crippen LogP contribution in [0.3, 0.4) is 0 Å². The van der Waals surface area contributed by atoms with Crippen molar-refractivity contribution in [3.63, 3.8) is 0 Å². The number of hydrogen-bond donors (Lipinski definition) is 0. The van der Waals surface area contributed by atoms with Crippen molar-refractivity contribution in [1.82, 2.24) is 14.9 Å². The number of nitriles is 1. The van der Waals surface area contributed by atoms with Crippen molar-refractivity contribution in [2.45, 2.75) is 26.4 Å². The molecule has 6 heteroatoms. The highest BCUT2D eigenvalue weighted by Crippen LogP contribution is 2.23. The van der Waals surface area contributed by atoms with Gasteiger partial charge in [-0.3, -0.25) is 4.90 Å². The van der Waals surface area contributed by atoms with Crippen LogP contribution in [-0.2, 0) is 6.54 Å². The molecule has 1 saturated heterocycles. The molecule has 1 aromatic heterocycles. The van der Waals surface area contributed by atoms with Crippen LogP contribution in [0, 0.1) is 11.3 Å². The van der Waals surface area contributed by atoms with E-state index in [1.165, 1.54) is 11.9 Å². The molecule has 0 amide bonds. The van der Waals surface area contributed by atoms with Gasteiger partial charge < -0.3 is 9.64 Å². The van der Waals surface area contributed by atoms with Crippen LogP contribution >= 0.6 is 0 Å². The molecule has 1 aliphatic heterocycles. The van der Waals surface area contributed by atoms with Gasteiger partial charge in [0.25, 0.3) is 0 Å². The van der Waals surface area contributed by atoms with E-state index in [1.807, 2.05) is 19.1 Å². The summed E-state index contributed by atoms with van der Waals surface area (Å²) in [5.74, 6) is 1.79. The SMILES string of the molecule is CCOc1ccccc1CN1CCN(c2cc(C#N)ncn2)[C@@H](C)C1. The van der Waals surface area contributed by atoms with Gasteiger partial charge >= 0.3 is 0 Å². The molecule has 0 saturated carbocycles. The lowest BCUT2D eigenvalue weighted by atomic mass is 10.1. The van der Waals surface area contributed by atoms with Gasteiger partial charge in [0.1, 0.15) is 29.7 Å². The van der Waals surface area contributed by atoms with Crippen molar-refractivity contribution in [3.8, 4) is 11.8 Å². The number of para-hydroxylation sites is 1. The molecule has 1 fully saturated rings. The lowest BCUT2D eigenvalue weighted by Crippen LogP contribution is -2.52. The predicted molar refractivity (Wildman–Crippen MR) is 96.4 cm³/mol. The molecule has 25 heavy (non-hydrogen) atoms. The van der Waals surface area contributed by atoms with Crippen molar-refractivity contribution in [2.24, 2.45) is 0 Å². The molecular formula is C19H23N5O. The fourth-order valence-electron chi connectivity index (χ4n) is 3.25. The molecule has 1 atom stereocenters. The van der Waals surface area contributed by atoms with Crippen LogP contribution in [-0.4, -0.2) is 47.2 Å². The van der Waals surface area contributed by atoms with Gasteiger partial charge in [-0.25, -0.2) is 9.97 Å². The zero-order valence-electron chi connectivity index (χ0n) is 14.7. The van der Waals surface area contributed by atoms with Crippen molar-refractivity contribution >= 4 is 5.82 Å². The minimum Gasteiger partial charge on any atom is -0.494 e. The quantitative estimate of drug-likeness (QED) is 0.835. The lowest BCUT2D eigenvalue weighted by molar-refractivity contribution is 0.216. The van der Waals surface area contributed by atoms with Gasteiger partial charge in [-0.2, -0.15) is 5.26 Å². The van der Waals surface area contributed by atoms with E-state index in [0.29, 0.717) is 18.3 Å². The number of hydrogen-bond acceptors (Lipinski definition) is 6. The lowest BCUT2D eigenvalue weighted by Gasteiger charge is -2.40. The summed E-state index contributed by atoms with van der Waals surface area (Å²) >= 11 is 0. The molecule has 2 aromatic rings. The highest BCUT2D eigenvalue weighted by atomic mass is 16.5. The van der Waals surface area contributed by atoms with Gasteiger partial charge in [0.15, 0.2) is 0 Å². The second-order valence-electron chi connectivity index (χ2n) is 6.19. The van der Waals surface area contributed by atoms with E-state index in [-0.39, 0.29) is 0 Å². The van der Waals surface area contributed by atoms with Gasteiger partial charge in [-0.1, -0.05) is 18.2 Å². The topological polar surface area (TPSA) is 65.3 Å². The average Bonchev–Trinajstić information content (AvgIpc) is 2.64. The molecular weight excluding hydrogens is 314 g/mol. The van der Waals surface area contributed by atoms with Crippen LogP contribution in [0.25, 0.3) is 0 Å². The summed E-state index contributed by atoms with van der Waals surface area (Å²) in [6.07, 6.45) is 1.46. The maximum Gasteiger partial charge on any atom is 0.145 e. The first-order valence-corrected chi connectivity index (χ1v) is 8.63. The molecule has 0 bridgehead atoms. The normalized spacial score (nSPS) is 18.0. The van der Waals surface area contributed by atoms with Crippen molar-refractivity contribution < 1.29 is 4.74 Å². The molecule has 0 radical (unpaired) electrons. The molecule has 1 aromatic carbocycles. The molecule has 2 heterocycles. The highest BCUT2D eigenvalue weighted by Gasteiger charge is 2.25. The third kappa shape index (κ3) is 4.06. The molecule has 6 nitrogen and oxygen atoms in total. The first-order chi connectivity index (χ1) is 12.2. The Bertz CT molecular complexity index is 757. The average molecular weight is 337 g/mol. The van der Waals surface area contributed by atoms with Crippen LogP contribution in [0.1, 0.15) is 25.1 Å². The molecule has 0 unspecified atom stereocenters. The Balaban J connectivity index is 1.67. The Labute approximate surface area is 148 Å². The zero-order valence-corrected chi connectivity index (χ0v) is 14.7. The second kappa shape index (κ2) is 7.95. The maximum absolute atomic E-state index is 9.02. The largest absolute Gasteiger partial charge is 0.494 e. The van der Waals surface area contributed by atoms with Crippen LogP contribution in [0.4, 0.5) is 5.82 Å². The van der Waals surface area contributed by atoms with E-state index in [9.17, 15) is 0 Å². The summed E-state index contributed by atoms with van der Waals surface area (Å²) < 4.78 is 5.74. The zero-order chi connectivity index (χ0) is 17.6.